The number of rotatable bonds is 4. The maximum absolute atomic E-state index is 12.2. The molecule has 4 heteroatoms. The smallest absolute Gasteiger partial charge is 0.230 e. The van der Waals surface area contributed by atoms with E-state index in [4.69, 9.17) is 5.73 Å². The summed E-state index contributed by atoms with van der Waals surface area (Å²) in [6.07, 6.45) is 1.91. The van der Waals surface area contributed by atoms with Crippen molar-refractivity contribution in [1.82, 2.24) is 10.3 Å². The number of hydrogen-bond donors (Lipinski definition) is 3. The van der Waals surface area contributed by atoms with Crippen LogP contribution in [0.4, 0.5) is 0 Å². The SMILES string of the molecule is CC(C)(C(=O)NCCN)c1c[nH]c2ccccc12. The van der Waals surface area contributed by atoms with E-state index in [1.54, 1.807) is 0 Å². The molecule has 2 aromatic rings. The van der Waals surface area contributed by atoms with E-state index in [0.717, 1.165) is 16.5 Å². The van der Waals surface area contributed by atoms with E-state index in [1.165, 1.54) is 0 Å². The third-order valence-corrected chi connectivity index (χ3v) is 3.26. The summed E-state index contributed by atoms with van der Waals surface area (Å²) in [5.41, 5.74) is 6.89. The molecule has 0 fully saturated rings. The number of nitrogens with two attached hydrogens (primary N) is 1. The quantitative estimate of drug-likeness (QED) is 0.764. The molecule has 4 N–H and O–H groups in total. The molecule has 0 saturated carbocycles. The van der Waals surface area contributed by atoms with Gasteiger partial charge in [0, 0.05) is 30.2 Å². The van der Waals surface area contributed by atoms with Gasteiger partial charge >= 0.3 is 0 Å². The van der Waals surface area contributed by atoms with Crippen LogP contribution in [-0.4, -0.2) is 24.0 Å². The van der Waals surface area contributed by atoms with Crippen LogP contribution in [-0.2, 0) is 10.2 Å². The Balaban J connectivity index is 2.37. The minimum absolute atomic E-state index is 0.00213. The lowest BCUT2D eigenvalue weighted by Crippen LogP contribution is -2.41. The standard InChI is InChI=1S/C14H19N3O/c1-14(2,13(18)16-8-7-15)11-9-17-12-6-4-3-5-10(11)12/h3-6,9,17H,7-8,15H2,1-2H3,(H,16,18). The summed E-state index contributed by atoms with van der Waals surface area (Å²) in [6.45, 7) is 4.81. The highest BCUT2D eigenvalue weighted by molar-refractivity contribution is 5.94. The van der Waals surface area contributed by atoms with Crippen molar-refractivity contribution >= 4 is 16.8 Å². The van der Waals surface area contributed by atoms with E-state index >= 15 is 0 Å². The second-order valence-corrected chi connectivity index (χ2v) is 4.92. The summed E-state index contributed by atoms with van der Waals surface area (Å²) in [5, 5.41) is 3.94. The van der Waals surface area contributed by atoms with Gasteiger partial charge in [0.1, 0.15) is 0 Å². The van der Waals surface area contributed by atoms with Crippen LogP contribution < -0.4 is 11.1 Å². The lowest BCUT2D eigenvalue weighted by atomic mass is 9.83. The van der Waals surface area contributed by atoms with Gasteiger partial charge in [-0.25, -0.2) is 0 Å². The van der Waals surface area contributed by atoms with E-state index in [2.05, 4.69) is 10.3 Å². The predicted octanol–water partition coefficient (Wildman–Crippen LogP) is 1.52. The Bertz CT molecular complexity index is 557. The molecule has 0 aliphatic heterocycles. The van der Waals surface area contributed by atoms with Gasteiger partial charge in [0.2, 0.25) is 5.91 Å². The first-order valence-electron chi connectivity index (χ1n) is 6.12. The molecule has 0 unspecified atom stereocenters. The molecule has 96 valence electrons. The van der Waals surface area contributed by atoms with Gasteiger partial charge in [-0.15, -0.1) is 0 Å². The largest absolute Gasteiger partial charge is 0.361 e. The van der Waals surface area contributed by atoms with Gasteiger partial charge in [-0.2, -0.15) is 0 Å². The van der Waals surface area contributed by atoms with Gasteiger partial charge < -0.3 is 16.0 Å². The third kappa shape index (κ3) is 2.11. The molecule has 4 nitrogen and oxygen atoms in total. The lowest BCUT2D eigenvalue weighted by Gasteiger charge is -2.23. The molecule has 0 aliphatic rings. The number of benzene rings is 1. The molecule has 0 bridgehead atoms. The van der Waals surface area contributed by atoms with Crippen molar-refractivity contribution in [2.24, 2.45) is 5.73 Å². The average Bonchev–Trinajstić information content (AvgIpc) is 2.80. The average molecular weight is 245 g/mol. The number of amides is 1. The van der Waals surface area contributed by atoms with Crippen LogP contribution in [0.15, 0.2) is 30.5 Å². The summed E-state index contributed by atoms with van der Waals surface area (Å²) in [7, 11) is 0. The van der Waals surface area contributed by atoms with Crippen molar-refractivity contribution in [3.63, 3.8) is 0 Å². The van der Waals surface area contributed by atoms with Crippen molar-refractivity contribution in [2.45, 2.75) is 19.3 Å². The molecule has 1 heterocycles. The number of para-hydroxylation sites is 1. The Kier molecular flexibility index (Phi) is 3.39. The fourth-order valence-electron chi connectivity index (χ4n) is 2.12. The Morgan fingerprint density at radius 3 is 2.83 bits per heavy atom. The number of nitrogens with one attached hydrogen (secondary N) is 2. The molecule has 0 saturated heterocycles. The monoisotopic (exact) mass is 245 g/mol. The second-order valence-electron chi connectivity index (χ2n) is 4.92. The molecular weight excluding hydrogens is 226 g/mol. The molecule has 18 heavy (non-hydrogen) atoms. The number of aromatic nitrogens is 1. The topological polar surface area (TPSA) is 70.9 Å². The fourth-order valence-corrected chi connectivity index (χ4v) is 2.12. The van der Waals surface area contributed by atoms with Crippen molar-refractivity contribution in [3.05, 3.63) is 36.0 Å². The van der Waals surface area contributed by atoms with Crippen molar-refractivity contribution in [1.29, 1.82) is 0 Å². The van der Waals surface area contributed by atoms with Gasteiger partial charge in [0.05, 0.1) is 5.41 Å². The van der Waals surface area contributed by atoms with Crippen LogP contribution in [0, 0.1) is 0 Å². The number of hydrogen-bond acceptors (Lipinski definition) is 2. The van der Waals surface area contributed by atoms with Gasteiger partial charge in [-0.3, -0.25) is 4.79 Å². The summed E-state index contributed by atoms with van der Waals surface area (Å²) in [5.74, 6) is -0.00213. The maximum Gasteiger partial charge on any atom is 0.230 e. The molecule has 0 spiro atoms. The Morgan fingerprint density at radius 1 is 1.39 bits per heavy atom. The number of carbonyl (C=O) groups excluding carboxylic acids is 1. The number of carbonyl (C=O) groups is 1. The van der Waals surface area contributed by atoms with Crippen molar-refractivity contribution < 1.29 is 4.79 Å². The first-order chi connectivity index (χ1) is 8.57. The van der Waals surface area contributed by atoms with Crippen LogP contribution in [0.5, 0.6) is 0 Å². The van der Waals surface area contributed by atoms with E-state index in [-0.39, 0.29) is 5.91 Å². The van der Waals surface area contributed by atoms with Crippen LogP contribution >= 0.6 is 0 Å². The normalized spacial score (nSPS) is 11.7. The van der Waals surface area contributed by atoms with Crippen molar-refractivity contribution in [3.8, 4) is 0 Å². The molecule has 0 aliphatic carbocycles. The second kappa shape index (κ2) is 4.82. The molecule has 2 rings (SSSR count). The summed E-state index contributed by atoms with van der Waals surface area (Å²) >= 11 is 0. The molecule has 1 aromatic carbocycles. The lowest BCUT2D eigenvalue weighted by molar-refractivity contribution is -0.125. The molecule has 0 radical (unpaired) electrons. The highest BCUT2D eigenvalue weighted by atomic mass is 16.2. The van der Waals surface area contributed by atoms with Gasteiger partial charge in [0.25, 0.3) is 0 Å². The summed E-state index contributed by atoms with van der Waals surface area (Å²) in [4.78, 5) is 15.4. The predicted molar refractivity (Wildman–Crippen MR) is 73.4 cm³/mol. The van der Waals surface area contributed by atoms with E-state index in [9.17, 15) is 4.79 Å². The maximum atomic E-state index is 12.2. The van der Waals surface area contributed by atoms with E-state index < -0.39 is 5.41 Å². The fraction of sp³-hybridized carbons (Fsp3) is 0.357. The zero-order chi connectivity index (χ0) is 13.2. The molecule has 0 atom stereocenters. The highest BCUT2D eigenvalue weighted by Crippen LogP contribution is 2.30. The molecular formula is C14H19N3O. The molecule has 1 amide bonds. The summed E-state index contributed by atoms with van der Waals surface area (Å²) in [6, 6.07) is 7.99. The number of fused-ring (bicyclic) bond motifs is 1. The highest BCUT2D eigenvalue weighted by Gasteiger charge is 2.31. The number of H-pyrrole nitrogens is 1. The minimum Gasteiger partial charge on any atom is -0.361 e. The first-order valence-corrected chi connectivity index (χ1v) is 6.12. The van der Waals surface area contributed by atoms with Crippen LogP contribution in [0.25, 0.3) is 10.9 Å². The van der Waals surface area contributed by atoms with Crippen LogP contribution in [0.3, 0.4) is 0 Å². The summed E-state index contributed by atoms with van der Waals surface area (Å²) < 4.78 is 0. The van der Waals surface area contributed by atoms with Crippen LogP contribution in [0.1, 0.15) is 19.4 Å². The molecule has 1 aromatic heterocycles. The van der Waals surface area contributed by atoms with E-state index in [1.807, 2.05) is 44.3 Å². The Hall–Kier alpha value is -1.81. The van der Waals surface area contributed by atoms with Gasteiger partial charge in [-0.1, -0.05) is 18.2 Å². The Labute approximate surface area is 107 Å². The Morgan fingerprint density at radius 2 is 2.11 bits per heavy atom. The zero-order valence-electron chi connectivity index (χ0n) is 10.8. The zero-order valence-corrected chi connectivity index (χ0v) is 10.8. The van der Waals surface area contributed by atoms with E-state index in [0.29, 0.717) is 13.1 Å². The van der Waals surface area contributed by atoms with Gasteiger partial charge in [0.15, 0.2) is 0 Å². The van der Waals surface area contributed by atoms with Crippen LogP contribution in [0.2, 0.25) is 0 Å². The minimum atomic E-state index is -0.575. The third-order valence-electron chi connectivity index (χ3n) is 3.26. The first kappa shape index (κ1) is 12.6. The van der Waals surface area contributed by atoms with Crippen molar-refractivity contribution in [2.75, 3.05) is 13.1 Å². The number of aromatic amines is 1. The van der Waals surface area contributed by atoms with Gasteiger partial charge in [-0.05, 0) is 25.5 Å².